The number of aliphatic imine (C=N–C) groups is 1. The van der Waals surface area contributed by atoms with Gasteiger partial charge in [-0.25, -0.2) is 15.2 Å². The van der Waals surface area contributed by atoms with Crippen molar-refractivity contribution in [1.82, 2.24) is 9.91 Å². The van der Waals surface area contributed by atoms with Gasteiger partial charge < -0.3 is 4.90 Å². The Labute approximate surface area is 159 Å². The quantitative estimate of drug-likeness (QED) is 0.766. The standard InChI is InChI=1S/C22H25FN4/c1-14-15(2)27(24)22(17-7-5-4-6-8-17)25-21(14)26-12-11-18-13-19(23)9-10-20(18)16(26)3/h4-10,13,16,22H,11-12,24H2,1-3H3. The van der Waals surface area contributed by atoms with E-state index in [2.05, 4.69) is 30.9 Å². The van der Waals surface area contributed by atoms with Crippen LogP contribution in [0.5, 0.6) is 0 Å². The number of hydrogen-bond acceptors (Lipinski definition) is 4. The van der Waals surface area contributed by atoms with Crippen LogP contribution in [0.1, 0.15) is 49.7 Å². The van der Waals surface area contributed by atoms with E-state index in [4.69, 9.17) is 10.8 Å². The van der Waals surface area contributed by atoms with Crippen molar-refractivity contribution in [2.75, 3.05) is 6.54 Å². The number of rotatable bonds is 1. The van der Waals surface area contributed by atoms with Gasteiger partial charge in [0.1, 0.15) is 11.7 Å². The van der Waals surface area contributed by atoms with E-state index < -0.39 is 0 Å². The zero-order valence-corrected chi connectivity index (χ0v) is 16.0. The summed E-state index contributed by atoms with van der Waals surface area (Å²) in [6.07, 6.45) is 0.567. The van der Waals surface area contributed by atoms with Crippen molar-refractivity contribution in [2.24, 2.45) is 10.8 Å². The lowest BCUT2D eigenvalue weighted by Gasteiger charge is -2.42. The summed E-state index contributed by atoms with van der Waals surface area (Å²) >= 11 is 0. The summed E-state index contributed by atoms with van der Waals surface area (Å²) in [5.74, 6) is 7.18. The van der Waals surface area contributed by atoms with Crippen molar-refractivity contribution < 1.29 is 4.39 Å². The molecular formula is C22H25FN4. The van der Waals surface area contributed by atoms with Gasteiger partial charge in [0.2, 0.25) is 0 Å². The summed E-state index contributed by atoms with van der Waals surface area (Å²) in [7, 11) is 0. The van der Waals surface area contributed by atoms with Crippen LogP contribution in [-0.2, 0) is 6.42 Å². The lowest BCUT2D eigenvalue weighted by Crippen LogP contribution is -2.45. The molecule has 4 nitrogen and oxygen atoms in total. The van der Waals surface area contributed by atoms with Crippen LogP contribution >= 0.6 is 0 Å². The first-order valence-electron chi connectivity index (χ1n) is 9.37. The Bertz CT molecular complexity index is 919. The average molecular weight is 364 g/mol. The molecule has 0 spiro atoms. The van der Waals surface area contributed by atoms with Crippen molar-refractivity contribution in [3.8, 4) is 0 Å². The van der Waals surface area contributed by atoms with Crippen molar-refractivity contribution in [2.45, 2.75) is 39.4 Å². The molecule has 0 saturated heterocycles. The predicted molar refractivity (Wildman–Crippen MR) is 106 cm³/mol. The van der Waals surface area contributed by atoms with E-state index in [0.717, 1.165) is 41.2 Å². The summed E-state index contributed by atoms with van der Waals surface area (Å²) in [4.78, 5) is 7.36. The molecule has 140 valence electrons. The highest BCUT2D eigenvalue weighted by Gasteiger charge is 2.32. The number of nitrogens with zero attached hydrogens (tertiary/aromatic N) is 3. The molecule has 0 radical (unpaired) electrons. The van der Waals surface area contributed by atoms with Crippen molar-refractivity contribution in [1.29, 1.82) is 0 Å². The SMILES string of the molecule is CC1=C(C)N(N)C(c2ccccc2)N=C1N1CCc2cc(F)ccc2C1C. The second-order valence-corrected chi connectivity index (χ2v) is 7.32. The van der Waals surface area contributed by atoms with Gasteiger partial charge in [-0.3, -0.25) is 5.01 Å². The van der Waals surface area contributed by atoms with Gasteiger partial charge in [0, 0.05) is 17.8 Å². The molecule has 2 N–H and O–H groups in total. The maximum atomic E-state index is 13.6. The molecule has 2 atom stereocenters. The maximum Gasteiger partial charge on any atom is 0.162 e. The van der Waals surface area contributed by atoms with Crippen LogP contribution in [0.2, 0.25) is 0 Å². The largest absolute Gasteiger partial charge is 0.349 e. The van der Waals surface area contributed by atoms with Gasteiger partial charge in [-0.05, 0) is 56.0 Å². The summed E-state index contributed by atoms with van der Waals surface area (Å²) < 4.78 is 13.6. The van der Waals surface area contributed by atoms with Crippen LogP contribution in [-0.4, -0.2) is 22.3 Å². The second kappa shape index (κ2) is 6.82. The number of amidine groups is 1. The van der Waals surface area contributed by atoms with Gasteiger partial charge in [0.05, 0.1) is 6.04 Å². The zero-order valence-electron chi connectivity index (χ0n) is 16.0. The first-order chi connectivity index (χ1) is 13.0. The van der Waals surface area contributed by atoms with Crippen LogP contribution in [0.3, 0.4) is 0 Å². The molecule has 0 amide bonds. The van der Waals surface area contributed by atoms with E-state index in [9.17, 15) is 4.39 Å². The number of hydrazine groups is 1. The maximum absolute atomic E-state index is 13.6. The molecule has 2 aromatic carbocycles. The third kappa shape index (κ3) is 3.02. The normalized spacial score (nSPS) is 22.6. The van der Waals surface area contributed by atoms with Crippen LogP contribution in [0.25, 0.3) is 0 Å². The van der Waals surface area contributed by atoms with Gasteiger partial charge in [0.15, 0.2) is 6.17 Å². The second-order valence-electron chi connectivity index (χ2n) is 7.32. The predicted octanol–water partition coefficient (Wildman–Crippen LogP) is 4.33. The Morgan fingerprint density at radius 3 is 2.59 bits per heavy atom. The first kappa shape index (κ1) is 17.7. The van der Waals surface area contributed by atoms with E-state index in [1.54, 1.807) is 17.1 Å². The Hall–Kier alpha value is -2.66. The van der Waals surface area contributed by atoms with E-state index in [1.165, 1.54) is 5.56 Å². The fourth-order valence-electron chi connectivity index (χ4n) is 4.05. The van der Waals surface area contributed by atoms with Gasteiger partial charge >= 0.3 is 0 Å². The first-order valence-corrected chi connectivity index (χ1v) is 9.37. The topological polar surface area (TPSA) is 44.9 Å². The number of allylic oxidation sites excluding steroid dienone is 1. The van der Waals surface area contributed by atoms with Gasteiger partial charge in [-0.2, -0.15) is 0 Å². The lowest BCUT2D eigenvalue weighted by atomic mass is 9.92. The molecule has 2 aromatic rings. The monoisotopic (exact) mass is 364 g/mol. The van der Waals surface area contributed by atoms with Crippen LogP contribution < -0.4 is 5.84 Å². The highest BCUT2D eigenvalue weighted by atomic mass is 19.1. The molecule has 2 heterocycles. The summed E-state index contributed by atoms with van der Waals surface area (Å²) in [6, 6.07) is 15.4. The minimum atomic E-state index is -0.244. The Kier molecular flexibility index (Phi) is 4.48. The third-order valence-corrected chi connectivity index (χ3v) is 5.79. The Balaban J connectivity index is 1.74. The molecule has 0 aliphatic carbocycles. The van der Waals surface area contributed by atoms with Crippen LogP contribution in [0.15, 0.2) is 64.8 Å². The van der Waals surface area contributed by atoms with E-state index in [1.807, 2.05) is 31.2 Å². The molecule has 2 aliphatic heterocycles. The summed E-state index contributed by atoms with van der Waals surface area (Å²) in [5, 5.41) is 1.74. The van der Waals surface area contributed by atoms with Crippen LogP contribution in [0, 0.1) is 5.82 Å². The molecule has 4 rings (SSSR count). The number of hydrogen-bond donors (Lipinski definition) is 1. The number of fused-ring (bicyclic) bond motifs is 1. The van der Waals surface area contributed by atoms with E-state index in [0.29, 0.717) is 0 Å². The highest BCUT2D eigenvalue weighted by Crippen LogP contribution is 2.36. The molecule has 27 heavy (non-hydrogen) atoms. The van der Waals surface area contributed by atoms with E-state index in [-0.39, 0.29) is 18.0 Å². The highest BCUT2D eigenvalue weighted by molar-refractivity contribution is 5.99. The summed E-state index contributed by atoms with van der Waals surface area (Å²) in [5.41, 5.74) is 5.43. The Morgan fingerprint density at radius 2 is 1.85 bits per heavy atom. The minimum absolute atomic E-state index is 0.136. The molecule has 5 heteroatoms. The molecular weight excluding hydrogens is 339 g/mol. The zero-order chi connectivity index (χ0) is 19.1. The Morgan fingerprint density at radius 1 is 1.11 bits per heavy atom. The van der Waals surface area contributed by atoms with Crippen molar-refractivity contribution in [3.05, 3.63) is 82.3 Å². The summed E-state index contributed by atoms with van der Waals surface area (Å²) in [6.45, 7) is 7.08. The molecule has 0 fully saturated rings. The van der Waals surface area contributed by atoms with Crippen molar-refractivity contribution in [3.63, 3.8) is 0 Å². The smallest absolute Gasteiger partial charge is 0.162 e. The molecule has 2 unspecified atom stereocenters. The molecule has 2 aliphatic rings. The lowest BCUT2D eigenvalue weighted by molar-refractivity contribution is 0.248. The molecule has 0 aromatic heterocycles. The fraction of sp³-hybridized carbons (Fsp3) is 0.318. The number of halogens is 1. The third-order valence-electron chi connectivity index (χ3n) is 5.79. The van der Waals surface area contributed by atoms with Crippen LogP contribution in [0.4, 0.5) is 4.39 Å². The van der Waals surface area contributed by atoms with Gasteiger partial charge in [-0.1, -0.05) is 36.4 Å². The van der Waals surface area contributed by atoms with E-state index >= 15 is 0 Å². The molecule has 0 bridgehead atoms. The van der Waals surface area contributed by atoms with Gasteiger partial charge in [-0.15, -0.1) is 0 Å². The van der Waals surface area contributed by atoms with Gasteiger partial charge in [0.25, 0.3) is 0 Å². The molecule has 0 saturated carbocycles. The van der Waals surface area contributed by atoms with Crippen molar-refractivity contribution >= 4 is 5.84 Å². The average Bonchev–Trinajstić information content (AvgIpc) is 2.68. The number of benzene rings is 2. The fourth-order valence-corrected chi connectivity index (χ4v) is 4.05. The minimum Gasteiger partial charge on any atom is -0.349 e. The number of nitrogens with two attached hydrogens (primary N) is 1.